The molecule has 0 saturated heterocycles. The number of nitrogens with zero attached hydrogens (tertiary/aromatic N) is 1. The van der Waals surface area contributed by atoms with Gasteiger partial charge in [0.25, 0.3) is 5.91 Å². The predicted octanol–water partition coefficient (Wildman–Crippen LogP) is 3.21. The van der Waals surface area contributed by atoms with Gasteiger partial charge in [-0.1, -0.05) is 0 Å². The molecule has 0 fully saturated rings. The van der Waals surface area contributed by atoms with Crippen LogP contribution < -0.4 is 14.8 Å². The van der Waals surface area contributed by atoms with Crippen molar-refractivity contribution < 1.29 is 14.3 Å². The number of hydrogen-bond donors (Lipinski definition) is 1. The number of carbonyl (C=O) groups is 1. The first kappa shape index (κ1) is 16.2. The van der Waals surface area contributed by atoms with E-state index in [1.807, 2.05) is 18.4 Å². The maximum Gasteiger partial charge on any atom is 0.257 e. The molecular weight excluding hydrogens is 300 g/mol. The van der Waals surface area contributed by atoms with Crippen molar-refractivity contribution in [3.63, 3.8) is 0 Å². The maximum atomic E-state index is 12.4. The third-order valence-corrected chi connectivity index (χ3v) is 3.61. The van der Waals surface area contributed by atoms with E-state index in [1.54, 1.807) is 50.4 Å². The molecule has 1 amide bonds. The Hall–Kier alpha value is -2.21. The fourth-order valence-corrected chi connectivity index (χ4v) is 2.44. The number of benzene rings is 1. The molecule has 0 aliphatic heterocycles. The summed E-state index contributed by atoms with van der Waals surface area (Å²) < 4.78 is 10.3. The van der Waals surface area contributed by atoms with E-state index < -0.39 is 0 Å². The molecule has 1 aromatic heterocycles. The van der Waals surface area contributed by atoms with E-state index in [4.69, 9.17) is 9.47 Å². The summed E-state index contributed by atoms with van der Waals surface area (Å²) in [6.45, 7) is 0. The molecule has 0 aliphatic carbocycles. The average Bonchev–Trinajstić information content (AvgIpc) is 2.55. The summed E-state index contributed by atoms with van der Waals surface area (Å²) in [5.74, 6) is 2.27. The Morgan fingerprint density at radius 1 is 1.18 bits per heavy atom. The highest BCUT2D eigenvalue weighted by Crippen LogP contribution is 2.23. The quantitative estimate of drug-likeness (QED) is 0.886. The number of methoxy groups -OCH3 is 2. The minimum absolute atomic E-state index is 0.258. The highest BCUT2D eigenvalue weighted by atomic mass is 32.2. The predicted molar refractivity (Wildman–Crippen MR) is 89.0 cm³/mol. The summed E-state index contributed by atoms with van der Waals surface area (Å²) in [5, 5.41) is 2.79. The molecule has 116 valence electrons. The van der Waals surface area contributed by atoms with Gasteiger partial charge in [0.2, 0.25) is 0 Å². The Labute approximate surface area is 134 Å². The standard InChI is InChI=1S/C16H18N2O3S/c1-20-13-7-12(8-14(9-13)21-2)16(19)18-15-6-11(10-22-3)4-5-17-15/h4-9H,10H2,1-3H3,(H,17,18,19). The van der Waals surface area contributed by atoms with Crippen LogP contribution in [0.1, 0.15) is 15.9 Å². The van der Waals surface area contributed by atoms with Crippen LogP contribution in [-0.4, -0.2) is 31.4 Å². The maximum absolute atomic E-state index is 12.4. The van der Waals surface area contributed by atoms with Crippen LogP contribution in [0.3, 0.4) is 0 Å². The lowest BCUT2D eigenvalue weighted by Crippen LogP contribution is -2.13. The number of pyridine rings is 1. The number of hydrogen-bond acceptors (Lipinski definition) is 5. The molecule has 2 rings (SSSR count). The molecule has 0 bridgehead atoms. The van der Waals surface area contributed by atoms with Crippen LogP contribution in [0, 0.1) is 0 Å². The van der Waals surface area contributed by atoms with Crippen molar-refractivity contribution in [2.45, 2.75) is 5.75 Å². The summed E-state index contributed by atoms with van der Waals surface area (Å²) in [4.78, 5) is 16.5. The Morgan fingerprint density at radius 2 is 1.86 bits per heavy atom. The highest BCUT2D eigenvalue weighted by molar-refractivity contribution is 7.97. The number of amides is 1. The van der Waals surface area contributed by atoms with E-state index in [9.17, 15) is 4.79 Å². The van der Waals surface area contributed by atoms with Gasteiger partial charge in [-0.15, -0.1) is 0 Å². The SMILES string of the molecule is COc1cc(OC)cc(C(=O)Nc2cc(CSC)ccn2)c1. The van der Waals surface area contributed by atoms with Crippen molar-refractivity contribution in [3.8, 4) is 11.5 Å². The van der Waals surface area contributed by atoms with Gasteiger partial charge >= 0.3 is 0 Å². The number of ether oxygens (including phenoxy) is 2. The van der Waals surface area contributed by atoms with Gasteiger partial charge in [-0.3, -0.25) is 4.79 Å². The van der Waals surface area contributed by atoms with Gasteiger partial charge in [-0.05, 0) is 36.1 Å². The summed E-state index contributed by atoms with van der Waals surface area (Å²) >= 11 is 1.72. The summed E-state index contributed by atoms with van der Waals surface area (Å²) in [7, 11) is 3.09. The molecule has 0 radical (unpaired) electrons. The van der Waals surface area contributed by atoms with Crippen LogP contribution in [-0.2, 0) is 5.75 Å². The summed E-state index contributed by atoms with van der Waals surface area (Å²) in [5.41, 5.74) is 1.56. The van der Waals surface area contributed by atoms with Crippen molar-refractivity contribution in [1.82, 2.24) is 4.98 Å². The second-order valence-corrected chi connectivity index (χ2v) is 5.40. The Balaban J connectivity index is 2.20. The first-order valence-corrected chi connectivity index (χ1v) is 8.04. The van der Waals surface area contributed by atoms with Crippen molar-refractivity contribution in [2.75, 3.05) is 25.8 Å². The molecule has 1 N–H and O–H groups in total. The Bertz CT molecular complexity index is 639. The number of anilines is 1. The van der Waals surface area contributed by atoms with E-state index in [-0.39, 0.29) is 5.91 Å². The number of nitrogens with one attached hydrogen (secondary N) is 1. The third kappa shape index (κ3) is 4.14. The molecule has 0 aliphatic rings. The average molecular weight is 318 g/mol. The minimum atomic E-state index is -0.258. The molecule has 0 atom stereocenters. The second kappa shape index (κ2) is 7.70. The number of aromatic nitrogens is 1. The molecule has 5 nitrogen and oxygen atoms in total. The summed E-state index contributed by atoms with van der Waals surface area (Å²) in [6.07, 6.45) is 3.72. The minimum Gasteiger partial charge on any atom is -0.497 e. The van der Waals surface area contributed by atoms with Gasteiger partial charge in [-0.2, -0.15) is 11.8 Å². The molecule has 0 spiro atoms. The van der Waals surface area contributed by atoms with Gasteiger partial charge in [0, 0.05) is 23.6 Å². The topological polar surface area (TPSA) is 60.5 Å². The molecule has 0 saturated carbocycles. The number of carbonyl (C=O) groups excluding carboxylic acids is 1. The van der Waals surface area contributed by atoms with Gasteiger partial charge < -0.3 is 14.8 Å². The van der Waals surface area contributed by atoms with Crippen LogP contribution in [0.5, 0.6) is 11.5 Å². The van der Waals surface area contributed by atoms with Gasteiger partial charge in [0.15, 0.2) is 0 Å². The molecule has 2 aromatic rings. The van der Waals surface area contributed by atoms with Gasteiger partial charge in [0.05, 0.1) is 14.2 Å². The zero-order valence-electron chi connectivity index (χ0n) is 12.8. The Kier molecular flexibility index (Phi) is 5.66. The van der Waals surface area contributed by atoms with Gasteiger partial charge in [0.1, 0.15) is 17.3 Å². The highest BCUT2D eigenvalue weighted by Gasteiger charge is 2.11. The lowest BCUT2D eigenvalue weighted by molar-refractivity contribution is 0.102. The second-order valence-electron chi connectivity index (χ2n) is 4.54. The zero-order chi connectivity index (χ0) is 15.9. The molecular formula is C16H18N2O3S. The van der Waals surface area contributed by atoms with E-state index in [2.05, 4.69) is 10.3 Å². The monoisotopic (exact) mass is 318 g/mol. The van der Waals surface area contributed by atoms with Crippen molar-refractivity contribution >= 4 is 23.5 Å². The lowest BCUT2D eigenvalue weighted by atomic mass is 10.2. The zero-order valence-corrected chi connectivity index (χ0v) is 13.6. The van der Waals surface area contributed by atoms with Crippen molar-refractivity contribution in [2.24, 2.45) is 0 Å². The van der Waals surface area contributed by atoms with Crippen LogP contribution in [0.2, 0.25) is 0 Å². The van der Waals surface area contributed by atoms with Crippen LogP contribution in [0.4, 0.5) is 5.82 Å². The van der Waals surface area contributed by atoms with Gasteiger partial charge in [-0.25, -0.2) is 4.98 Å². The first-order chi connectivity index (χ1) is 10.7. The number of rotatable bonds is 6. The largest absolute Gasteiger partial charge is 0.497 e. The fraction of sp³-hybridized carbons (Fsp3) is 0.250. The smallest absolute Gasteiger partial charge is 0.257 e. The first-order valence-electron chi connectivity index (χ1n) is 6.64. The molecule has 6 heteroatoms. The Morgan fingerprint density at radius 3 is 2.45 bits per heavy atom. The van der Waals surface area contributed by atoms with Crippen LogP contribution in [0.25, 0.3) is 0 Å². The van der Waals surface area contributed by atoms with Crippen molar-refractivity contribution in [3.05, 3.63) is 47.7 Å². The molecule has 1 heterocycles. The normalized spacial score (nSPS) is 10.1. The van der Waals surface area contributed by atoms with E-state index in [0.717, 1.165) is 11.3 Å². The third-order valence-electron chi connectivity index (χ3n) is 2.99. The molecule has 1 aromatic carbocycles. The lowest BCUT2D eigenvalue weighted by Gasteiger charge is -2.09. The summed E-state index contributed by atoms with van der Waals surface area (Å²) in [6, 6.07) is 8.83. The van der Waals surface area contributed by atoms with E-state index in [1.165, 1.54) is 0 Å². The van der Waals surface area contributed by atoms with Crippen LogP contribution >= 0.6 is 11.8 Å². The molecule has 0 unspecified atom stereocenters. The fourth-order valence-electron chi connectivity index (χ4n) is 1.93. The van der Waals surface area contributed by atoms with E-state index in [0.29, 0.717) is 22.9 Å². The number of thioether (sulfide) groups is 1. The van der Waals surface area contributed by atoms with E-state index >= 15 is 0 Å². The van der Waals surface area contributed by atoms with Crippen LogP contribution in [0.15, 0.2) is 36.5 Å². The molecule has 22 heavy (non-hydrogen) atoms. The van der Waals surface area contributed by atoms with Crippen molar-refractivity contribution in [1.29, 1.82) is 0 Å².